The predicted octanol–water partition coefficient (Wildman–Crippen LogP) is 4.17. The number of thioether (sulfide) groups is 1. The fraction of sp³-hybridized carbons (Fsp3) is 0.238. The summed E-state index contributed by atoms with van der Waals surface area (Å²) < 4.78 is 33.5. The second-order valence-electron chi connectivity index (χ2n) is 7.19. The molecule has 2 aromatic carbocycles. The summed E-state index contributed by atoms with van der Waals surface area (Å²) in [4.78, 5) is 4.64. The molecule has 0 amide bonds. The van der Waals surface area contributed by atoms with Crippen molar-refractivity contribution in [3.8, 4) is 5.69 Å². The summed E-state index contributed by atoms with van der Waals surface area (Å²) in [5.74, 6) is 0.688. The largest absolute Gasteiger partial charge is 0.431 e. The van der Waals surface area contributed by atoms with Crippen LogP contribution in [0.15, 0.2) is 63.1 Å². The van der Waals surface area contributed by atoms with Gasteiger partial charge in [0.1, 0.15) is 5.52 Å². The summed E-state index contributed by atoms with van der Waals surface area (Å²) in [5.41, 5.74) is 5.33. The molecule has 2 heterocycles. The number of benzene rings is 2. The first-order valence-electron chi connectivity index (χ1n) is 9.32. The van der Waals surface area contributed by atoms with Crippen molar-refractivity contribution in [2.24, 2.45) is 0 Å². The molecule has 0 saturated heterocycles. The van der Waals surface area contributed by atoms with Gasteiger partial charge >= 0.3 is 0 Å². The normalized spacial score (nSPS) is 12.2. The Kier molecular flexibility index (Phi) is 5.44. The van der Waals surface area contributed by atoms with E-state index in [1.54, 1.807) is 12.1 Å². The quantitative estimate of drug-likeness (QED) is 0.417. The molecule has 30 heavy (non-hydrogen) atoms. The van der Waals surface area contributed by atoms with Crippen molar-refractivity contribution in [1.29, 1.82) is 0 Å². The number of rotatable bonds is 6. The maximum Gasteiger partial charge on any atom is 0.257 e. The standard InChI is InChI=1S/C21H22N4O3S2/c1-14-11-15(2)25(23-14)17-7-5-16(6-8-17)13-29-21-22-19-12-18(9-10-20(19)28-21)30(26,27)24(3)4/h5-12H,13H2,1-4H3. The van der Waals surface area contributed by atoms with Crippen molar-refractivity contribution in [1.82, 2.24) is 19.1 Å². The van der Waals surface area contributed by atoms with Crippen LogP contribution in [0.5, 0.6) is 0 Å². The van der Waals surface area contributed by atoms with Crippen LogP contribution in [0.2, 0.25) is 0 Å². The summed E-state index contributed by atoms with van der Waals surface area (Å²) in [6.07, 6.45) is 0. The second kappa shape index (κ2) is 7.90. The van der Waals surface area contributed by atoms with E-state index in [9.17, 15) is 8.42 Å². The Bertz CT molecular complexity index is 1310. The summed E-state index contributed by atoms with van der Waals surface area (Å²) in [6, 6.07) is 15.0. The number of fused-ring (bicyclic) bond motifs is 1. The van der Waals surface area contributed by atoms with E-state index >= 15 is 0 Å². The molecule has 0 atom stereocenters. The van der Waals surface area contributed by atoms with Crippen molar-refractivity contribution in [2.75, 3.05) is 14.1 Å². The topological polar surface area (TPSA) is 81.2 Å². The van der Waals surface area contributed by atoms with Gasteiger partial charge in [-0.25, -0.2) is 22.4 Å². The average molecular weight is 443 g/mol. The molecule has 0 aliphatic heterocycles. The van der Waals surface area contributed by atoms with Crippen molar-refractivity contribution in [3.63, 3.8) is 0 Å². The molecule has 0 spiro atoms. The Morgan fingerprint density at radius 2 is 1.80 bits per heavy atom. The third-order valence-corrected chi connectivity index (χ3v) is 7.38. The lowest BCUT2D eigenvalue weighted by Gasteiger charge is -2.10. The minimum Gasteiger partial charge on any atom is -0.431 e. The first kappa shape index (κ1) is 20.6. The van der Waals surface area contributed by atoms with E-state index in [2.05, 4.69) is 22.2 Å². The van der Waals surface area contributed by atoms with Gasteiger partial charge < -0.3 is 4.42 Å². The highest BCUT2D eigenvalue weighted by Crippen LogP contribution is 2.28. The highest BCUT2D eigenvalue weighted by molar-refractivity contribution is 7.98. The predicted molar refractivity (Wildman–Crippen MR) is 117 cm³/mol. The Labute approximate surface area is 179 Å². The smallest absolute Gasteiger partial charge is 0.257 e. The molecule has 0 aliphatic carbocycles. The summed E-state index contributed by atoms with van der Waals surface area (Å²) in [6.45, 7) is 4.01. The van der Waals surface area contributed by atoms with Gasteiger partial charge in [-0.3, -0.25) is 0 Å². The number of nitrogens with zero attached hydrogens (tertiary/aromatic N) is 4. The molecule has 0 saturated carbocycles. The number of aromatic nitrogens is 3. The third kappa shape index (κ3) is 4.00. The molecule has 2 aromatic heterocycles. The monoisotopic (exact) mass is 442 g/mol. The first-order chi connectivity index (χ1) is 14.2. The van der Waals surface area contributed by atoms with Gasteiger partial charge in [0, 0.05) is 25.5 Å². The fourth-order valence-corrected chi connectivity index (χ4v) is 4.80. The molecule has 0 N–H and O–H groups in total. The van der Waals surface area contributed by atoms with E-state index in [4.69, 9.17) is 4.42 Å². The molecule has 0 bridgehead atoms. The van der Waals surface area contributed by atoms with Gasteiger partial charge in [0.05, 0.1) is 16.3 Å². The van der Waals surface area contributed by atoms with Crippen LogP contribution in [0, 0.1) is 13.8 Å². The highest BCUT2D eigenvalue weighted by atomic mass is 32.2. The van der Waals surface area contributed by atoms with E-state index < -0.39 is 10.0 Å². The Morgan fingerprint density at radius 1 is 1.07 bits per heavy atom. The van der Waals surface area contributed by atoms with Gasteiger partial charge in [0.2, 0.25) is 10.0 Å². The van der Waals surface area contributed by atoms with Gasteiger partial charge in [-0.05, 0) is 55.8 Å². The van der Waals surface area contributed by atoms with E-state index in [1.807, 2.05) is 36.7 Å². The van der Waals surface area contributed by atoms with Crippen LogP contribution >= 0.6 is 11.8 Å². The van der Waals surface area contributed by atoms with Crippen molar-refractivity contribution >= 4 is 32.9 Å². The molecular weight excluding hydrogens is 420 g/mol. The summed E-state index contributed by atoms with van der Waals surface area (Å²) >= 11 is 1.47. The molecule has 0 radical (unpaired) electrons. The van der Waals surface area contributed by atoms with Gasteiger partial charge in [0.15, 0.2) is 5.58 Å². The number of oxazole rings is 1. The average Bonchev–Trinajstić information content (AvgIpc) is 3.27. The number of sulfonamides is 1. The fourth-order valence-electron chi connectivity index (χ4n) is 3.09. The molecule has 0 aliphatic rings. The molecule has 156 valence electrons. The molecule has 0 fully saturated rings. The molecule has 0 unspecified atom stereocenters. The lowest BCUT2D eigenvalue weighted by atomic mass is 10.2. The van der Waals surface area contributed by atoms with Crippen LogP contribution in [0.3, 0.4) is 0 Å². The third-order valence-electron chi connectivity index (χ3n) is 4.67. The van der Waals surface area contributed by atoms with E-state index in [-0.39, 0.29) is 4.90 Å². The van der Waals surface area contributed by atoms with Crippen LogP contribution < -0.4 is 0 Å². The number of hydrogen-bond acceptors (Lipinski definition) is 6. The zero-order valence-electron chi connectivity index (χ0n) is 17.2. The molecule has 4 aromatic rings. The molecule has 9 heteroatoms. The van der Waals surface area contributed by atoms with Crippen LogP contribution in [0.4, 0.5) is 0 Å². The van der Waals surface area contributed by atoms with Crippen molar-refractivity contribution < 1.29 is 12.8 Å². The van der Waals surface area contributed by atoms with Crippen LogP contribution in [-0.2, 0) is 15.8 Å². The Balaban J connectivity index is 1.49. The minimum atomic E-state index is -3.51. The van der Waals surface area contributed by atoms with Crippen molar-refractivity contribution in [2.45, 2.75) is 29.7 Å². The number of aryl methyl sites for hydroxylation is 2. The van der Waals surface area contributed by atoms with Crippen LogP contribution in [-0.4, -0.2) is 41.6 Å². The molecule has 7 nitrogen and oxygen atoms in total. The first-order valence-corrected chi connectivity index (χ1v) is 11.7. The maximum atomic E-state index is 12.3. The van der Waals surface area contributed by atoms with Gasteiger partial charge in [-0.15, -0.1) is 0 Å². The maximum absolute atomic E-state index is 12.3. The second-order valence-corrected chi connectivity index (χ2v) is 10.3. The van der Waals surface area contributed by atoms with E-state index in [1.165, 1.54) is 36.2 Å². The SMILES string of the molecule is Cc1cc(C)n(-c2ccc(CSc3nc4cc(S(=O)(=O)N(C)C)ccc4o3)cc2)n1. The summed E-state index contributed by atoms with van der Waals surface area (Å²) in [7, 11) is -0.498. The zero-order chi connectivity index (χ0) is 21.5. The van der Waals surface area contributed by atoms with Crippen LogP contribution in [0.1, 0.15) is 17.0 Å². The summed E-state index contributed by atoms with van der Waals surface area (Å²) in [5, 5.41) is 5.01. The molecule has 4 rings (SSSR count). The number of hydrogen-bond donors (Lipinski definition) is 0. The Morgan fingerprint density at radius 3 is 2.43 bits per heavy atom. The lowest BCUT2D eigenvalue weighted by Crippen LogP contribution is -2.22. The van der Waals surface area contributed by atoms with Crippen molar-refractivity contribution in [3.05, 3.63) is 65.5 Å². The minimum absolute atomic E-state index is 0.199. The van der Waals surface area contributed by atoms with Gasteiger partial charge in [0.25, 0.3) is 5.22 Å². The highest BCUT2D eigenvalue weighted by Gasteiger charge is 2.19. The van der Waals surface area contributed by atoms with Gasteiger partial charge in [-0.2, -0.15) is 5.10 Å². The van der Waals surface area contributed by atoms with E-state index in [0.717, 1.165) is 22.6 Å². The molecular formula is C21H22N4O3S2. The lowest BCUT2D eigenvalue weighted by molar-refractivity contribution is 0.489. The van der Waals surface area contributed by atoms with Gasteiger partial charge in [-0.1, -0.05) is 23.9 Å². The van der Waals surface area contributed by atoms with E-state index in [0.29, 0.717) is 22.1 Å². The zero-order valence-corrected chi connectivity index (χ0v) is 18.8. The van der Waals surface area contributed by atoms with Crippen LogP contribution in [0.25, 0.3) is 16.8 Å². The Hall–Kier alpha value is -2.62.